The number of rotatable bonds is 13. The van der Waals surface area contributed by atoms with Crippen LogP contribution in [-0.2, 0) is 0 Å². The van der Waals surface area contributed by atoms with Crippen molar-refractivity contribution in [3.8, 4) is 0 Å². The van der Waals surface area contributed by atoms with Crippen molar-refractivity contribution < 1.29 is 9.90 Å². The van der Waals surface area contributed by atoms with Gasteiger partial charge in [0.05, 0.1) is 0 Å². The van der Waals surface area contributed by atoms with Crippen LogP contribution in [0.4, 0.5) is 0 Å². The minimum atomic E-state index is -2.58. The van der Waals surface area contributed by atoms with Crippen LogP contribution in [0.15, 0.2) is 30.3 Å². The molecule has 1 N–H and O–H groups in total. The molecular weight excluding hydrogens is 415 g/mol. The van der Waals surface area contributed by atoms with Crippen molar-refractivity contribution in [2.75, 3.05) is 6.61 Å². The van der Waals surface area contributed by atoms with Crippen molar-refractivity contribution in [1.82, 2.24) is 0 Å². The van der Waals surface area contributed by atoms with Gasteiger partial charge in [0.25, 0.3) is 0 Å². The average Bonchev–Trinajstić information content (AvgIpc) is 2.66. The molecule has 0 amide bonds. The van der Waals surface area contributed by atoms with Gasteiger partial charge in [-0.2, -0.15) is 0 Å². The minimum absolute atomic E-state index is 0.119. The SMILES string of the molecule is CCC[CH2][Sn]([CH2]CCC)([CH2]CCC)/[C](=C/CO)c1ccc(C=O)cc1. The van der Waals surface area contributed by atoms with Gasteiger partial charge in [-0.1, -0.05) is 0 Å². The molecule has 0 unspecified atom stereocenters. The van der Waals surface area contributed by atoms with E-state index in [0.29, 0.717) is 0 Å². The molecule has 25 heavy (non-hydrogen) atoms. The second-order valence-corrected chi connectivity index (χ2v) is 20.3. The van der Waals surface area contributed by atoms with Crippen LogP contribution in [0.5, 0.6) is 0 Å². The van der Waals surface area contributed by atoms with E-state index in [1.54, 1.807) is 0 Å². The van der Waals surface area contributed by atoms with Gasteiger partial charge >= 0.3 is 159 Å². The number of aliphatic hydroxyl groups excluding tert-OH is 1. The number of aldehydes is 1. The molecule has 0 aliphatic rings. The Morgan fingerprint density at radius 3 is 1.76 bits per heavy atom. The first-order chi connectivity index (χ1) is 12.2. The zero-order chi connectivity index (χ0) is 18.5. The number of carbonyl (C=O) groups is 1. The van der Waals surface area contributed by atoms with Crippen LogP contribution >= 0.6 is 0 Å². The van der Waals surface area contributed by atoms with Crippen LogP contribution in [0.1, 0.15) is 75.2 Å². The maximum atomic E-state index is 11.0. The summed E-state index contributed by atoms with van der Waals surface area (Å²) >= 11 is -2.58. The van der Waals surface area contributed by atoms with Crippen LogP contribution in [0, 0.1) is 0 Å². The van der Waals surface area contributed by atoms with Crippen molar-refractivity contribution in [3.63, 3.8) is 0 Å². The van der Waals surface area contributed by atoms with Gasteiger partial charge < -0.3 is 0 Å². The van der Waals surface area contributed by atoms with E-state index in [9.17, 15) is 9.90 Å². The van der Waals surface area contributed by atoms with Crippen molar-refractivity contribution in [1.29, 1.82) is 0 Å². The van der Waals surface area contributed by atoms with E-state index in [1.807, 2.05) is 12.1 Å². The van der Waals surface area contributed by atoms with Crippen molar-refractivity contribution in [3.05, 3.63) is 41.5 Å². The van der Waals surface area contributed by atoms with E-state index < -0.39 is 18.4 Å². The molecule has 0 spiro atoms. The molecule has 1 rings (SSSR count). The van der Waals surface area contributed by atoms with Gasteiger partial charge in [0, 0.05) is 0 Å². The van der Waals surface area contributed by atoms with Crippen LogP contribution in [0.2, 0.25) is 13.3 Å². The summed E-state index contributed by atoms with van der Waals surface area (Å²) in [6, 6.07) is 8.04. The second kappa shape index (κ2) is 12.7. The Balaban J connectivity index is 3.32. The summed E-state index contributed by atoms with van der Waals surface area (Å²) in [6.07, 6.45) is 10.7. The number of aliphatic hydroxyl groups is 1. The fourth-order valence-electron chi connectivity index (χ4n) is 3.80. The summed E-state index contributed by atoms with van der Waals surface area (Å²) in [7, 11) is 0. The number of benzene rings is 1. The predicted octanol–water partition coefficient (Wildman–Crippen LogP) is 6.26. The summed E-state index contributed by atoms with van der Waals surface area (Å²) in [6.45, 7) is 6.97. The molecule has 140 valence electrons. The van der Waals surface area contributed by atoms with Crippen molar-refractivity contribution in [2.24, 2.45) is 0 Å². The molecule has 0 saturated heterocycles. The summed E-state index contributed by atoms with van der Waals surface area (Å²) in [4.78, 5) is 11.0. The fourth-order valence-corrected chi connectivity index (χ4v) is 20.8. The van der Waals surface area contributed by atoms with Gasteiger partial charge in [0.1, 0.15) is 0 Å². The quantitative estimate of drug-likeness (QED) is 0.284. The summed E-state index contributed by atoms with van der Waals surface area (Å²) in [5.41, 5.74) is 1.97. The molecule has 2 nitrogen and oxygen atoms in total. The average molecular weight is 451 g/mol. The van der Waals surface area contributed by atoms with Crippen LogP contribution in [-0.4, -0.2) is 36.4 Å². The number of hydrogen-bond acceptors (Lipinski definition) is 2. The topological polar surface area (TPSA) is 37.3 Å². The summed E-state index contributed by atoms with van der Waals surface area (Å²) < 4.78 is 5.63. The van der Waals surface area contributed by atoms with E-state index in [0.717, 1.165) is 11.8 Å². The Hall–Kier alpha value is -0.611. The molecule has 0 bridgehead atoms. The molecule has 1 aromatic rings. The second-order valence-electron chi connectivity index (χ2n) is 7.13. The first-order valence-electron chi connectivity index (χ1n) is 10.0. The Morgan fingerprint density at radius 1 is 0.920 bits per heavy atom. The maximum absolute atomic E-state index is 11.0. The van der Waals surface area contributed by atoms with Crippen LogP contribution in [0.25, 0.3) is 3.59 Å². The Labute approximate surface area is 158 Å². The first kappa shape index (κ1) is 22.4. The monoisotopic (exact) mass is 452 g/mol. The molecule has 0 radical (unpaired) electrons. The zero-order valence-corrected chi connectivity index (χ0v) is 19.2. The van der Waals surface area contributed by atoms with E-state index in [1.165, 1.54) is 61.0 Å². The summed E-state index contributed by atoms with van der Waals surface area (Å²) in [5, 5.41) is 9.74. The van der Waals surface area contributed by atoms with Crippen LogP contribution < -0.4 is 0 Å². The van der Waals surface area contributed by atoms with Gasteiger partial charge in [0.15, 0.2) is 0 Å². The third-order valence-electron chi connectivity index (χ3n) is 5.25. The molecule has 0 aliphatic heterocycles. The van der Waals surface area contributed by atoms with E-state index >= 15 is 0 Å². The number of hydrogen-bond donors (Lipinski definition) is 1. The molecular formula is C22H36O2Sn. The van der Waals surface area contributed by atoms with Gasteiger partial charge in [0.2, 0.25) is 0 Å². The van der Waals surface area contributed by atoms with E-state index in [2.05, 4.69) is 39.0 Å². The molecule has 0 aliphatic carbocycles. The Bertz CT molecular complexity index is 498. The zero-order valence-electron chi connectivity index (χ0n) is 16.4. The van der Waals surface area contributed by atoms with Crippen molar-refractivity contribution in [2.45, 2.75) is 72.6 Å². The van der Waals surface area contributed by atoms with Gasteiger partial charge in [-0.25, -0.2) is 0 Å². The normalized spacial score (nSPS) is 12.4. The van der Waals surface area contributed by atoms with Gasteiger partial charge in [-0.05, 0) is 0 Å². The standard InChI is InChI=1S/C10H9O2.3C4H9.Sn/c11-7-1-2-9-3-5-10(8-12)6-4-9;3*1-3-4-2;/h1,3-6,8,11H,7H2;3*1,3-4H2,2H3;. The molecule has 3 heteroatoms. The number of unbranched alkanes of at least 4 members (excludes halogenated alkanes) is 3. The van der Waals surface area contributed by atoms with Crippen LogP contribution in [0.3, 0.4) is 0 Å². The van der Waals surface area contributed by atoms with Gasteiger partial charge in [-0.3, -0.25) is 0 Å². The molecule has 0 saturated carbocycles. The summed E-state index contributed by atoms with van der Waals surface area (Å²) in [5.74, 6) is 0. The molecule has 0 heterocycles. The Kier molecular flexibility index (Phi) is 11.4. The molecule has 0 atom stereocenters. The third kappa shape index (κ3) is 6.90. The predicted molar refractivity (Wildman–Crippen MR) is 112 cm³/mol. The fraction of sp³-hybridized carbons (Fsp3) is 0.591. The Morgan fingerprint density at radius 2 is 1.40 bits per heavy atom. The molecule has 1 aromatic carbocycles. The number of carbonyl (C=O) groups excluding carboxylic acids is 1. The van der Waals surface area contributed by atoms with E-state index in [-0.39, 0.29) is 6.61 Å². The van der Waals surface area contributed by atoms with Crippen molar-refractivity contribution >= 4 is 28.3 Å². The molecule has 0 fully saturated rings. The molecule has 0 aromatic heterocycles. The third-order valence-corrected chi connectivity index (χ3v) is 21.1. The van der Waals surface area contributed by atoms with Gasteiger partial charge in [-0.15, -0.1) is 0 Å². The van der Waals surface area contributed by atoms with E-state index in [4.69, 9.17) is 0 Å². The first-order valence-corrected chi connectivity index (χ1v) is 17.5.